The van der Waals surface area contributed by atoms with Crippen molar-refractivity contribution in [2.45, 2.75) is 20.4 Å². The van der Waals surface area contributed by atoms with Gasteiger partial charge in [-0.1, -0.05) is 11.6 Å². The molecule has 21 heavy (non-hydrogen) atoms. The summed E-state index contributed by atoms with van der Waals surface area (Å²) in [6, 6.07) is 7.32. The van der Waals surface area contributed by atoms with Gasteiger partial charge in [-0.2, -0.15) is 5.26 Å². The van der Waals surface area contributed by atoms with Gasteiger partial charge in [-0.3, -0.25) is 4.40 Å². The number of benzene rings is 1. The van der Waals surface area contributed by atoms with Gasteiger partial charge >= 0.3 is 0 Å². The number of aromatic nitrogens is 2. The molecule has 0 saturated heterocycles. The number of fused-ring (bicyclic) bond motifs is 1. The minimum atomic E-state index is 0.550. The van der Waals surface area contributed by atoms with Crippen LogP contribution in [-0.2, 0) is 6.54 Å². The first-order chi connectivity index (χ1) is 10.1. The van der Waals surface area contributed by atoms with Gasteiger partial charge in [0.05, 0.1) is 40.3 Å². The van der Waals surface area contributed by atoms with E-state index in [0.717, 1.165) is 22.0 Å². The van der Waals surface area contributed by atoms with E-state index in [9.17, 15) is 0 Å². The van der Waals surface area contributed by atoms with Gasteiger partial charge in [-0.25, -0.2) is 4.98 Å². The van der Waals surface area contributed by atoms with Crippen molar-refractivity contribution in [3.63, 3.8) is 0 Å². The molecule has 0 spiro atoms. The van der Waals surface area contributed by atoms with Gasteiger partial charge in [0.1, 0.15) is 0 Å². The zero-order chi connectivity index (χ0) is 15.0. The van der Waals surface area contributed by atoms with Crippen LogP contribution in [-0.4, -0.2) is 9.38 Å². The number of halogens is 1. The van der Waals surface area contributed by atoms with Gasteiger partial charge in [0.25, 0.3) is 0 Å². The Bertz CT molecular complexity index is 857. The molecule has 4 nitrogen and oxygen atoms in total. The molecule has 3 aromatic rings. The molecule has 0 unspecified atom stereocenters. The van der Waals surface area contributed by atoms with E-state index in [1.807, 2.05) is 13.0 Å². The quantitative estimate of drug-likeness (QED) is 0.789. The molecule has 0 radical (unpaired) electrons. The van der Waals surface area contributed by atoms with E-state index in [4.69, 9.17) is 16.9 Å². The summed E-state index contributed by atoms with van der Waals surface area (Å²) in [5.41, 5.74) is 3.51. The van der Waals surface area contributed by atoms with E-state index in [1.54, 1.807) is 23.5 Å². The van der Waals surface area contributed by atoms with Crippen molar-refractivity contribution in [1.29, 1.82) is 5.26 Å². The average molecular weight is 317 g/mol. The number of anilines is 1. The summed E-state index contributed by atoms with van der Waals surface area (Å²) in [6.07, 6.45) is 2.09. The molecule has 3 rings (SSSR count). The second-order valence-electron chi connectivity index (χ2n) is 4.80. The molecule has 0 aliphatic heterocycles. The zero-order valence-electron chi connectivity index (χ0n) is 11.6. The highest BCUT2D eigenvalue weighted by Gasteiger charge is 2.11. The van der Waals surface area contributed by atoms with E-state index in [0.29, 0.717) is 17.1 Å². The zero-order valence-corrected chi connectivity index (χ0v) is 13.2. The Morgan fingerprint density at radius 1 is 1.43 bits per heavy atom. The Morgan fingerprint density at radius 3 is 2.95 bits per heavy atom. The third kappa shape index (κ3) is 2.60. The average Bonchev–Trinajstić information content (AvgIpc) is 2.93. The minimum Gasteiger partial charge on any atom is -0.378 e. The Morgan fingerprint density at radius 2 is 2.24 bits per heavy atom. The van der Waals surface area contributed by atoms with Crippen molar-refractivity contribution >= 4 is 33.6 Å². The molecule has 0 saturated carbocycles. The monoisotopic (exact) mass is 316 g/mol. The van der Waals surface area contributed by atoms with Crippen molar-refractivity contribution in [3.8, 4) is 6.07 Å². The summed E-state index contributed by atoms with van der Waals surface area (Å²) >= 11 is 7.86. The summed E-state index contributed by atoms with van der Waals surface area (Å²) in [6.45, 7) is 4.71. The highest BCUT2D eigenvalue weighted by Crippen LogP contribution is 2.25. The number of nitriles is 1. The minimum absolute atomic E-state index is 0.550. The molecule has 106 valence electrons. The molecule has 0 aliphatic carbocycles. The first kappa shape index (κ1) is 13.9. The summed E-state index contributed by atoms with van der Waals surface area (Å²) in [7, 11) is 0. The van der Waals surface area contributed by atoms with Gasteiger partial charge in [-0.15, -0.1) is 11.3 Å². The van der Waals surface area contributed by atoms with Crippen molar-refractivity contribution in [1.82, 2.24) is 9.38 Å². The van der Waals surface area contributed by atoms with Crippen LogP contribution in [0.5, 0.6) is 0 Å². The van der Waals surface area contributed by atoms with Crippen molar-refractivity contribution < 1.29 is 0 Å². The summed E-state index contributed by atoms with van der Waals surface area (Å²) < 4.78 is 2.11. The van der Waals surface area contributed by atoms with E-state index < -0.39 is 0 Å². The van der Waals surface area contributed by atoms with Crippen LogP contribution >= 0.6 is 22.9 Å². The fourth-order valence-electron chi connectivity index (χ4n) is 2.23. The third-order valence-corrected chi connectivity index (χ3v) is 4.50. The van der Waals surface area contributed by atoms with E-state index in [1.165, 1.54) is 4.88 Å². The Balaban J connectivity index is 1.86. The molecule has 2 aromatic heterocycles. The van der Waals surface area contributed by atoms with Crippen LogP contribution in [0.1, 0.15) is 21.8 Å². The lowest BCUT2D eigenvalue weighted by Gasteiger charge is -2.08. The van der Waals surface area contributed by atoms with E-state index in [2.05, 4.69) is 33.9 Å². The molecule has 0 fully saturated rings. The Labute approximate surface area is 131 Å². The molecule has 1 aromatic carbocycles. The normalized spacial score (nSPS) is 10.8. The van der Waals surface area contributed by atoms with E-state index in [-0.39, 0.29) is 0 Å². The van der Waals surface area contributed by atoms with Crippen LogP contribution in [0.2, 0.25) is 5.02 Å². The highest BCUT2D eigenvalue weighted by atomic mass is 35.5. The van der Waals surface area contributed by atoms with Crippen LogP contribution in [0.25, 0.3) is 4.96 Å². The summed E-state index contributed by atoms with van der Waals surface area (Å²) in [5, 5.41) is 12.7. The Kier molecular flexibility index (Phi) is 3.58. The van der Waals surface area contributed by atoms with Crippen molar-refractivity contribution in [2.75, 3.05) is 5.32 Å². The number of thiazole rings is 1. The predicted molar refractivity (Wildman–Crippen MR) is 86.0 cm³/mol. The lowest BCUT2D eigenvalue weighted by molar-refractivity contribution is 0.991. The molecular formula is C15H13ClN4S. The smallest absolute Gasteiger partial charge is 0.194 e. The molecule has 0 amide bonds. The second-order valence-corrected chi connectivity index (χ2v) is 6.42. The number of hydrogen-bond acceptors (Lipinski definition) is 4. The number of aryl methyl sites for hydroxylation is 2. The highest BCUT2D eigenvalue weighted by molar-refractivity contribution is 7.17. The lowest BCUT2D eigenvalue weighted by atomic mass is 10.2. The summed E-state index contributed by atoms with van der Waals surface area (Å²) in [4.78, 5) is 6.80. The van der Waals surface area contributed by atoms with Crippen molar-refractivity contribution in [3.05, 3.63) is 51.2 Å². The third-order valence-electron chi connectivity index (χ3n) is 3.29. The number of rotatable bonds is 3. The molecule has 2 heterocycles. The van der Waals surface area contributed by atoms with Crippen LogP contribution in [0.3, 0.4) is 0 Å². The fourth-order valence-corrected chi connectivity index (χ4v) is 3.37. The predicted octanol–water partition coefficient (Wildman–Crippen LogP) is 4.15. The van der Waals surface area contributed by atoms with Crippen LogP contribution < -0.4 is 5.32 Å². The molecule has 1 N–H and O–H groups in total. The maximum Gasteiger partial charge on any atom is 0.194 e. The number of nitrogens with zero attached hydrogens (tertiary/aromatic N) is 3. The van der Waals surface area contributed by atoms with Gasteiger partial charge in [0.15, 0.2) is 4.96 Å². The number of hydrogen-bond donors (Lipinski definition) is 1. The van der Waals surface area contributed by atoms with Gasteiger partial charge < -0.3 is 5.32 Å². The van der Waals surface area contributed by atoms with Crippen LogP contribution in [0.4, 0.5) is 5.69 Å². The summed E-state index contributed by atoms with van der Waals surface area (Å²) in [5.74, 6) is 0. The van der Waals surface area contributed by atoms with Gasteiger partial charge in [0.2, 0.25) is 0 Å². The molecule has 6 heteroatoms. The maximum absolute atomic E-state index is 8.85. The SMILES string of the molecule is Cc1cn2c(CNc3ccc(C#N)cc3Cl)c(C)nc2s1. The standard InChI is InChI=1S/C15H13ClN4S/c1-9-8-20-14(10(2)19-15(20)21-9)7-18-13-4-3-11(6-17)5-12(13)16/h3-5,8,18H,7H2,1-2H3. The Hall–Kier alpha value is -2.03. The van der Waals surface area contributed by atoms with Gasteiger partial charge in [-0.05, 0) is 32.0 Å². The maximum atomic E-state index is 8.85. The largest absolute Gasteiger partial charge is 0.378 e. The van der Waals surface area contributed by atoms with Crippen molar-refractivity contribution in [2.24, 2.45) is 0 Å². The molecule has 0 aliphatic rings. The van der Waals surface area contributed by atoms with Crippen LogP contribution in [0, 0.1) is 25.2 Å². The van der Waals surface area contributed by atoms with Crippen LogP contribution in [0.15, 0.2) is 24.4 Å². The molecule has 0 atom stereocenters. The van der Waals surface area contributed by atoms with Gasteiger partial charge in [0, 0.05) is 11.1 Å². The lowest BCUT2D eigenvalue weighted by Crippen LogP contribution is -2.04. The number of nitrogens with one attached hydrogen (secondary N) is 1. The molecule has 0 bridgehead atoms. The topological polar surface area (TPSA) is 53.1 Å². The number of imidazole rings is 1. The molecular weight excluding hydrogens is 304 g/mol. The first-order valence-electron chi connectivity index (χ1n) is 6.46. The first-order valence-corrected chi connectivity index (χ1v) is 7.65. The fraction of sp³-hybridized carbons (Fsp3) is 0.200. The second kappa shape index (κ2) is 5.40. The van der Waals surface area contributed by atoms with E-state index >= 15 is 0 Å².